The lowest BCUT2D eigenvalue weighted by Crippen LogP contribution is -2.52. The third-order valence-electron chi connectivity index (χ3n) is 5.58. The van der Waals surface area contributed by atoms with Crippen molar-refractivity contribution in [3.63, 3.8) is 0 Å². The quantitative estimate of drug-likeness (QED) is 0.814. The number of hydrogen-bond donors (Lipinski definition) is 2. The maximum atomic E-state index is 11.0. The Labute approximate surface area is 122 Å². The Hall–Kier alpha value is -0.860. The van der Waals surface area contributed by atoms with Crippen LogP contribution < -0.4 is 0 Å². The standard InChI is InChI=1S/C18H28O2/c1-14(2)17(3,15-10-6-4-7-11-15)18(19,20)16-12-8-5-9-13-16/h5,8-9,12-15,19-20H,4,6-7,10-11H2,1-3H3. The van der Waals surface area contributed by atoms with Crippen molar-refractivity contribution in [3.05, 3.63) is 35.9 Å². The van der Waals surface area contributed by atoms with Crippen LogP contribution in [0.3, 0.4) is 0 Å². The lowest BCUT2D eigenvalue weighted by atomic mass is 9.58. The Bertz CT molecular complexity index is 418. The molecule has 1 atom stereocenters. The summed E-state index contributed by atoms with van der Waals surface area (Å²) < 4.78 is 0. The van der Waals surface area contributed by atoms with Crippen LogP contribution in [0.4, 0.5) is 0 Å². The summed E-state index contributed by atoms with van der Waals surface area (Å²) in [6.07, 6.45) is 5.89. The van der Waals surface area contributed by atoms with Gasteiger partial charge in [-0.3, -0.25) is 0 Å². The van der Waals surface area contributed by atoms with Gasteiger partial charge in [0.25, 0.3) is 0 Å². The van der Waals surface area contributed by atoms with Crippen LogP contribution in [0.25, 0.3) is 0 Å². The van der Waals surface area contributed by atoms with Crippen LogP contribution in [0.15, 0.2) is 30.3 Å². The highest BCUT2D eigenvalue weighted by Crippen LogP contribution is 2.53. The molecule has 0 aromatic heterocycles. The predicted molar refractivity (Wildman–Crippen MR) is 82.1 cm³/mol. The van der Waals surface area contributed by atoms with E-state index in [9.17, 15) is 10.2 Å². The lowest BCUT2D eigenvalue weighted by Gasteiger charge is -2.51. The van der Waals surface area contributed by atoms with Gasteiger partial charge in [-0.15, -0.1) is 0 Å². The molecule has 0 amide bonds. The SMILES string of the molecule is CC(C)C(C)(C1CCCCC1)C(O)(O)c1ccccc1. The molecule has 1 fully saturated rings. The fraction of sp³-hybridized carbons (Fsp3) is 0.667. The van der Waals surface area contributed by atoms with Crippen molar-refractivity contribution in [3.8, 4) is 0 Å². The molecule has 112 valence electrons. The summed E-state index contributed by atoms with van der Waals surface area (Å²) in [5.74, 6) is -1.20. The van der Waals surface area contributed by atoms with E-state index in [0.717, 1.165) is 12.8 Å². The second kappa shape index (κ2) is 5.87. The Balaban J connectivity index is 2.40. The van der Waals surface area contributed by atoms with Crippen LogP contribution >= 0.6 is 0 Å². The molecule has 0 heterocycles. The average Bonchev–Trinajstić information content (AvgIpc) is 2.47. The molecule has 1 aliphatic carbocycles. The monoisotopic (exact) mass is 276 g/mol. The Kier molecular flexibility index (Phi) is 4.55. The van der Waals surface area contributed by atoms with Gasteiger partial charge in [-0.05, 0) is 24.7 Å². The molecule has 0 spiro atoms. The molecule has 1 aliphatic rings. The first-order valence-corrected chi connectivity index (χ1v) is 7.91. The summed E-state index contributed by atoms with van der Waals surface area (Å²) in [6, 6.07) is 9.30. The van der Waals surface area contributed by atoms with Crippen molar-refractivity contribution < 1.29 is 10.2 Å². The molecule has 1 saturated carbocycles. The molecule has 0 radical (unpaired) electrons. The van der Waals surface area contributed by atoms with Gasteiger partial charge in [0.15, 0.2) is 5.79 Å². The van der Waals surface area contributed by atoms with E-state index >= 15 is 0 Å². The van der Waals surface area contributed by atoms with Gasteiger partial charge in [0.2, 0.25) is 0 Å². The zero-order chi connectivity index (χ0) is 14.8. The molecule has 2 nitrogen and oxygen atoms in total. The highest BCUT2D eigenvalue weighted by atomic mass is 16.5. The van der Waals surface area contributed by atoms with Gasteiger partial charge in [-0.25, -0.2) is 0 Å². The summed E-state index contributed by atoms with van der Waals surface area (Å²) in [4.78, 5) is 0. The number of rotatable bonds is 4. The summed E-state index contributed by atoms with van der Waals surface area (Å²) in [7, 11) is 0. The molecule has 2 N–H and O–H groups in total. The van der Waals surface area contributed by atoms with Gasteiger partial charge < -0.3 is 10.2 Å². The van der Waals surface area contributed by atoms with Crippen LogP contribution in [0.2, 0.25) is 0 Å². The highest BCUT2D eigenvalue weighted by molar-refractivity contribution is 5.23. The molecule has 0 saturated heterocycles. The minimum Gasteiger partial charge on any atom is -0.361 e. The summed E-state index contributed by atoms with van der Waals surface area (Å²) in [5.41, 5.74) is 0.0937. The van der Waals surface area contributed by atoms with Crippen molar-refractivity contribution in [2.45, 2.75) is 58.7 Å². The maximum absolute atomic E-state index is 11.0. The Morgan fingerprint density at radius 1 is 1.00 bits per heavy atom. The van der Waals surface area contributed by atoms with E-state index in [1.54, 1.807) is 0 Å². The number of benzene rings is 1. The largest absolute Gasteiger partial charge is 0.361 e. The Morgan fingerprint density at radius 2 is 1.55 bits per heavy atom. The smallest absolute Gasteiger partial charge is 0.195 e. The van der Waals surface area contributed by atoms with E-state index < -0.39 is 11.2 Å². The zero-order valence-electron chi connectivity index (χ0n) is 13.0. The molecular formula is C18H28O2. The third kappa shape index (κ3) is 2.51. The first kappa shape index (κ1) is 15.5. The van der Waals surface area contributed by atoms with Gasteiger partial charge in [-0.2, -0.15) is 0 Å². The molecule has 0 aliphatic heterocycles. The second-order valence-corrected chi connectivity index (χ2v) is 6.81. The Morgan fingerprint density at radius 3 is 2.05 bits per heavy atom. The van der Waals surface area contributed by atoms with E-state index in [2.05, 4.69) is 20.8 Å². The van der Waals surface area contributed by atoms with Gasteiger partial charge in [-0.1, -0.05) is 70.4 Å². The van der Waals surface area contributed by atoms with E-state index in [1.807, 2.05) is 30.3 Å². The average molecular weight is 276 g/mol. The molecule has 1 aromatic carbocycles. The van der Waals surface area contributed by atoms with Crippen molar-refractivity contribution in [2.24, 2.45) is 17.3 Å². The lowest BCUT2D eigenvalue weighted by molar-refractivity contribution is -0.282. The minimum absolute atomic E-state index is 0.209. The molecule has 20 heavy (non-hydrogen) atoms. The third-order valence-corrected chi connectivity index (χ3v) is 5.58. The zero-order valence-corrected chi connectivity index (χ0v) is 13.0. The van der Waals surface area contributed by atoms with Crippen molar-refractivity contribution in [1.29, 1.82) is 0 Å². The fourth-order valence-electron chi connectivity index (χ4n) is 3.84. The topological polar surface area (TPSA) is 40.5 Å². The number of aliphatic hydroxyl groups is 2. The van der Waals surface area contributed by atoms with E-state index in [-0.39, 0.29) is 5.92 Å². The van der Waals surface area contributed by atoms with E-state index in [1.165, 1.54) is 19.3 Å². The van der Waals surface area contributed by atoms with Crippen LogP contribution in [0, 0.1) is 17.3 Å². The highest BCUT2D eigenvalue weighted by Gasteiger charge is 2.53. The fourth-order valence-corrected chi connectivity index (χ4v) is 3.84. The van der Waals surface area contributed by atoms with E-state index in [0.29, 0.717) is 11.5 Å². The number of hydrogen-bond acceptors (Lipinski definition) is 2. The van der Waals surface area contributed by atoms with Crippen molar-refractivity contribution in [1.82, 2.24) is 0 Å². The first-order valence-electron chi connectivity index (χ1n) is 7.91. The van der Waals surface area contributed by atoms with Gasteiger partial charge >= 0.3 is 0 Å². The minimum atomic E-state index is -1.77. The van der Waals surface area contributed by atoms with Crippen LogP contribution in [-0.2, 0) is 5.79 Å². The molecule has 2 heteroatoms. The summed E-state index contributed by atoms with van der Waals surface area (Å²) in [5, 5.41) is 22.0. The van der Waals surface area contributed by atoms with Crippen LogP contribution in [0.5, 0.6) is 0 Å². The van der Waals surface area contributed by atoms with Crippen molar-refractivity contribution >= 4 is 0 Å². The van der Waals surface area contributed by atoms with E-state index in [4.69, 9.17) is 0 Å². The molecule has 0 bridgehead atoms. The second-order valence-electron chi connectivity index (χ2n) is 6.81. The van der Waals surface area contributed by atoms with Crippen molar-refractivity contribution in [2.75, 3.05) is 0 Å². The van der Waals surface area contributed by atoms with Gasteiger partial charge in [0.1, 0.15) is 0 Å². The van der Waals surface area contributed by atoms with Crippen LogP contribution in [-0.4, -0.2) is 10.2 Å². The summed E-state index contributed by atoms with van der Waals surface area (Å²) >= 11 is 0. The van der Waals surface area contributed by atoms with Gasteiger partial charge in [0.05, 0.1) is 0 Å². The maximum Gasteiger partial charge on any atom is 0.195 e. The molecule has 1 aromatic rings. The van der Waals surface area contributed by atoms with Gasteiger partial charge in [0, 0.05) is 11.0 Å². The molecule has 1 unspecified atom stereocenters. The first-order chi connectivity index (χ1) is 9.40. The summed E-state index contributed by atoms with van der Waals surface area (Å²) in [6.45, 7) is 6.28. The predicted octanol–water partition coefficient (Wildman–Crippen LogP) is 4.07. The molecular weight excluding hydrogens is 248 g/mol. The molecule has 2 rings (SSSR count). The van der Waals surface area contributed by atoms with Crippen LogP contribution in [0.1, 0.15) is 58.4 Å². The normalized spacial score (nSPS) is 20.9.